The first-order valence-electron chi connectivity index (χ1n) is 8.18. The lowest BCUT2D eigenvalue weighted by Gasteiger charge is -2.28. The summed E-state index contributed by atoms with van der Waals surface area (Å²) >= 11 is 0. The Morgan fingerprint density at radius 3 is 1.76 bits per heavy atom. The minimum absolute atomic E-state index is 0.0315. The van der Waals surface area contributed by atoms with Crippen LogP contribution >= 0.6 is 0 Å². The van der Waals surface area contributed by atoms with E-state index in [-0.39, 0.29) is 28.0 Å². The predicted molar refractivity (Wildman–Crippen MR) is 99.3 cm³/mol. The molecular formula is C20H25NO4. The number of phenolic OH excluding ortho intramolecular Hbond substituents is 2. The zero-order chi connectivity index (χ0) is 19.2. The summed E-state index contributed by atoms with van der Waals surface area (Å²) in [5.74, 6) is 0.199. The fourth-order valence-corrected chi connectivity index (χ4v) is 2.80. The predicted octanol–water partition coefficient (Wildman–Crippen LogP) is 5.27. The molecule has 0 unspecified atom stereocenters. The van der Waals surface area contributed by atoms with Crippen LogP contribution in [0.5, 0.6) is 11.5 Å². The van der Waals surface area contributed by atoms with Gasteiger partial charge in [-0.2, -0.15) is 0 Å². The standard InChI is InChI=1S/C20H25NO4/c1-19(2,3)15-9-12(10-16(18(15)23)20(4,5)6)14-11-13(21(24)25)7-8-17(14)22/h7-11,22-23H,1-6H3. The van der Waals surface area contributed by atoms with Crippen molar-refractivity contribution in [2.45, 2.75) is 52.4 Å². The van der Waals surface area contributed by atoms with Gasteiger partial charge in [0.15, 0.2) is 0 Å². The Morgan fingerprint density at radius 1 is 0.880 bits per heavy atom. The van der Waals surface area contributed by atoms with E-state index >= 15 is 0 Å². The summed E-state index contributed by atoms with van der Waals surface area (Å²) < 4.78 is 0. The van der Waals surface area contributed by atoms with E-state index in [0.717, 1.165) is 11.1 Å². The smallest absolute Gasteiger partial charge is 0.270 e. The van der Waals surface area contributed by atoms with E-state index in [1.165, 1.54) is 18.2 Å². The van der Waals surface area contributed by atoms with Gasteiger partial charge >= 0.3 is 0 Å². The van der Waals surface area contributed by atoms with E-state index in [4.69, 9.17) is 0 Å². The molecule has 5 heteroatoms. The number of hydrogen-bond acceptors (Lipinski definition) is 4. The van der Waals surface area contributed by atoms with E-state index in [1.807, 2.05) is 41.5 Å². The van der Waals surface area contributed by atoms with Gasteiger partial charge < -0.3 is 10.2 Å². The van der Waals surface area contributed by atoms with Crippen LogP contribution in [0.2, 0.25) is 0 Å². The molecule has 0 aromatic heterocycles. The van der Waals surface area contributed by atoms with Gasteiger partial charge in [-0.25, -0.2) is 0 Å². The van der Waals surface area contributed by atoms with Crippen molar-refractivity contribution in [3.63, 3.8) is 0 Å². The highest BCUT2D eigenvalue weighted by molar-refractivity contribution is 5.75. The molecule has 0 amide bonds. The Hall–Kier alpha value is -2.56. The number of nitro benzene ring substituents is 1. The Labute approximate surface area is 148 Å². The highest BCUT2D eigenvalue weighted by atomic mass is 16.6. The molecule has 0 heterocycles. The second-order valence-corrected chi connectivity index (χ2v) is 8.38. The number of aromatic hydroxyl groups is 2. The summed E-state index contributed by atoms with van der Waals surface area (Å²) in [5, 5.41) is 32.1. The maximum atomic E-state index is 11.1. The first-order chi connectivity index (χ1) is 11.3. The summed E-state index contributed by atoms with van der Waals surface area (Å²) in [6.45, 7) is 11.9. The van der Waals surface area contributed by atoms with Gasteiger partial charge in [0.05, 0.1) is 4.92 Å². The highest BCUT2D eigenvalue weighted by Crippen LogP contribution is 2.43. The van der Waals surface area contributed by atoms with E-state index < -0.39 is 4.92 Å². The summed E-state index contributed by atoms with van der Waals surface area (Å²) in [7, 11) is 0. The van der Waals surface area contributed by atoms with Gasteiger partial charge in [0.1, 0.15) is 11.5 Å². The zero-order valence-electron chi connectivity index (χ0n) is 15.5. The first kappa shape index (κ1) is 18.8. The Morgan fingerprint density at radius 2 is 1.36 bits per heavy atom. The number of nitro groups is 1. The van der Waals surface area contributed by atoms with Crippen LogP contribution < -0.4 is 0 Å². The van der Waals surface area contributed by atoms with Gasteiger partial charge in [-0.3, -0.25) is 10.1 Å². The largest absolute Gasteiger partial charge is 0.507 e. The average Bonchev–Trinajstić information content (AvgIpc) is 2.45. The Bertz CT molecular complexity index is 792. The molecular weight excluding hydrogens is 318 g/mol. The number of nitrogens with zero attached hydrogens (tertiary/aromatic N) is 1. The topological polar surface area (TPSA) is 83.6 Å². The molecule has 0 saturated heterocycles. The van der Waals surface area contributed by atoms with Crippen molar-refractivity contribution in [3.8, 4) is 22.6 Å². The van der Waals surface area contributed by atoms with E-state index in [9.17, 15) is 20.3 Å². The second-order valence-electron chi connectivity index (χ2n) is 8.38. The molecule has 2 rings (SSSR count). The summed E-state index contributed by atoms with van der Waals surface area (Å²) in [4.78, 5) is 10.6. The van der Waals surface area contributed by atoms with Gasteiger partial charge in [0, 0.05) is 28.8 Å². The average molecular weight is 343 g/mol. The normalized spacial score (nSPS) is 12.2. The molecule has 0 atom stereocenters. The van der Waals surface area contributed by atoms with Crippen molar-refractivity contribution >= 4 is 5.69 Å². The molecule has 0 saturated carbocycles. The molecule has 0 aliphatic heterocycles. The van der Waals surface area contributed by atoms with Crippen LogP contribution in [-0.4, -0.2) is 15.1 Å². The quantitative estimate of drug-likeness (QED) is 0.575. The SMILES string of the molecule is CC(C)(C)c1cc(-c2cc([N+](=O)[O-])ccc2O)cc(C(C)(C)C)c1O. The minimum Gasteiger partial charge on any atom is -0.507 e. The van der Waals surface area contributed by atoms with Crippen LogP contribution in [0.25, 0.3) is 11.1 Å². The molecule has 2 N–H and O–H groups in total. The Kier molecular flexibility index (Phi) is 4.55. The number of phenols is 2. The lowest BCUT2D eigenvalue weighted by atomic mass is 9.77. The first-order valence-corrected chi connectivity index (χ1v) is 8.18. The summed E-state index contributed by atoms with van der Waals surface area (Å²) in [6.07, 6.45) is 0. The summed E-state index contributed by atoms with van der Waals surface area (Å²) in [6, 6.07) is 7.55. The molecule has 2 aromatic rings. The van der Waals surface area contributed by atoms with E-state index in [0.29, 0.717) is 11.1 Å². The van der Waals surface area contributed by atoms with Crippen molar-refractivity contribution in [3.05, 3.63) is 51.6 Å². The van der Waals surface area contributed by atoms with Crippen molar-refractivity contribution < 1.29 is 15.1 Å². The van der Waals surface area contributed by atoms with Crippen LogP contribution in [-0.2, 0) is 10.8 Å². The lowest BCUT2D eigenvalue weighted by molar-refractivity contribution is -0.384. The van der Waals surface area contributed by atoms with Crippen LogP contribution in [0.1, 0.15) is 52.7 Å². The van der Waals surface area contributed by atoms with E-state index in [1.54, 1.807) is 12.1 Å². The van der Waals surface area contributed by atoms with Crippen LogP contribution in [0.4, 0.5) is 5.69 Å². The fraction of sp³-hybridized carbons (Fsp3) is 0.400. The fourth-order valence-electron chi connectivity index (χ4n) is 2.80. The van der Waals surface area contributed by atoms with Gasteiger partial charge in [0.25, 0.3) is 5.69 Å². The second kappa shape index (κ2) is 6.06. The number of benzene rings is 2. The number of hydrogen-bond donors (Lipinski definition) is 2. The van der Waals surface area contributed by atoms with Crippen molar-refractivity contribution in [2.24, 2.45) is 0 Å². The monoisotopic (exact) mass is 343 g/mol. The molecule has 5 nitrogen and oxygen atoms in total. The van der Waals surface area contributed by atoms with Crippen molar-refractivity contribution in [1.82, 2.24) is 0 Å². The van der Waals surface area contributed by atoms with Gasteiger partial charge in [-0.15, -0.1) is 0 Å². The molecule has 0 aliphatic rings. The number of rotatable bonds is 2. The third-order valence-electron chi connectivity index (χ3n) is 4.23. The third kappa shape index (κ3) is 3.76. The Balaban J connectivity index is 2.83. The van der Waals surface area contributed by atoms with Crippen LogP contribution in [0, 0.1) is 10.1 Å². The van der Waals surface area contributed by atoms with E-state index in [2.05, 4.69) is 0 Å². The van der Waals surface area contributed by atoms with Crippen LogP contribution in [0.3, 0.4) is 0 Å². The van der Waals surface area contributed by atoms with Gasteiger partial charge in [-0.05, 0) is 34.6 Å². The molecule has 2 aromatic carbocycles. The molecule has 0 aliphatic carbocycles. The van der Waals surface area contributed by atoms with Crippen molar-refractivity contribution in [1.29, 1.82) is 0 Å². The highest BCUT2D eigenvalue weighted by Gasteiger charge is 2.27. The molecule has 134 valence electrons. The van der Waals surface area contributed by atoms with Gasteiger partial charge in [0.2, 0.25) is 0 Å². The molecule has 0 bridgehead atoms. The molecule has 25 heavy (non-hydrogen) atoms. The maximum absolute atomic E-state index is 11.1. The maximum Gasteiger partial charge on any atom is 0.270 e. The van der Waals surface area contributed by atoms with Crippen molar-refractivity contribution in [2.75, 3.05) is 0 Å². The lowest BCUT2D eigenvalue weighted by Crippen LogP contribution is -2.17. The minimum atomic E-state index is -0.487. The zero-order valence-corrected chi connectivity index (χ0v) is 15.5. The summed E-state index contributed by atoms with van der Waals surface area (Å²) in [5.41, 5.74) is 1.77. The van der Waals surface area contributed by atoms with Gasteiger partial charge in [-0.1, -0.05) is 41.5 Å². The molecule has 0 radical (unpaired) electrons. The molecule has 0 fully saturated rings. The third-order valence-corrected chi connectivity index (χ3v) is 4.23. The molecule has 0 spiro atoms. The van der Waals surface area contributed by atoms with Crippen LogP contribution in [0.15, 0.2) is 30.3 Å². The number of non-ortho nitro benzene ring substituents is 1.